The maximum absolute atomic E-state index is 11.9. The van der Waals surface area contributed by atoms with E-state index in [1.165, 1.54) is 0 Å². The summed E-state index contributed by atoms with van der Waals surface area (Å²) in [4.78, 5) is 22.3. The van der Waals surface area contributed by atoms with E-state index in [1.54, 1.807) is 31.2 Å². The van der Waals surface area contributed by atoms with Gasteiger partial charge in [0.1, 0.15) is 5.75 Å². The van der Waals surface area contributed by atoms with E-state index in [2.05, 4.69) is 10.6 Å². The number of carbonyl (C=O) groups excluding carboxylic acids is 1. The van der Waals surface area contributed by atoms with Gasteiger partial charge < -0.3 is 20.5 Å². The van der Waals surface area contributed by atoms with Crippen molar-refractivity contribution >= 4 is 17.6 Å². The monoisotopic (exact) mass is 276 g/mol. The summed E-state index contributed by atoms with van der Waals surface area (Å²) in [5.74, 6) is -0.705. The lowest BCUT2D eigenvalue weighted by Crippen LogP contribution is -2.36. The smallest absolute Gasteiger partial charge is 0.341 e. The van der Waals surface area contributed by atoms with Crippen LogP contribution in [0.1, 0.15) is 6.92 Å². The van der Waals surface area contributed by atoms with E-state index in [0.717, 1.165) is 24.2 Å². The van der Waals surface area contributed by atoms with E-state index in [4.69, 9.17) is 9.84 Å². The molecule has 0 spiro atoms. The molecule has 1 heterocycles. The average Bonchev–Trinajstić information content (AvgIpc) is 2.35. The normalized spacial score (nSPS) is 13.3. The molecule has 1 saturated heterocycles. The van der Waals surface area contributed by atoms with Crippen LogP contribution in [-0.2, 0) is 9.59 Å². The largest absolute Gasteiger partial charge is 0.482 e. The zero-order valence-corrected chi connectivity index (χ0v) is 11.1. The molecule has 1 aromatic carbocycles. The molecule has 0 unspecified atom stereocenters. The first kappa shape index (κ1) is 14.1. The Morgan fingerprint density at radius 2 is 1.95 bits per heavy atom. The van der Waals surface area contributed by atoms with Gasteiger partial charge in [0.05, 0.1) is 0 Å². The minimum atomic E-state index is -1.03. The van der Waals surface area contributed by atoms with Crippen molar-refractivity contribution in [2.24, 2.45) is 0 Å². The van der Waals surface area contributed by atoms with Crippen LogP contribution in [0.2, 0.25) is 0 Å². The summed E-state index contributed by atoms with van der Waals surface area (Å²) in [5.41, 5.74) is 2.49. The molecule has 0 aromatic heterocycles. The van der Waals surface area contributed by atoms with Gasteiger partial charge in [0, 0.05) is 24.4 Å². The first-order valence-corrected chi connectivity index (χ1v) is 6.21. The molecule has 1 aliphatic rings. The molecule has 1 fully saturated rings. The van der Waals surface area contributed by atoms with E-state index < -0.39 is 5.97 Å². The Kier molecular flexibility index (Phi) is 4.37. The number of nitrogens with one attached hydrogen (secondary N) is 2. The molecule has 0 atom stereocenters. The fraction of sp³-hybridized carbons (Fsp3) is 0.286. The third kappa shape index (κ3) is 3.58. The molecule has 1 aliphatic heterocycles. The zero-order chi connectivity index (χ0) is 14.5. The SMILES string of the molecule is CC(C(=O)Nc1ccc(OCC(=O)O)cc1)=C1CNC1. The number of carbonyl (C=O) groups is 2. The van der Waals surface area contributed by atoms with Crippen LogP contribution in [0.25, 0.3) is 0 Å². The molecule has 6 nitrogen and oxygen atoms in total. The van der Waals surface area contributed by atoms with Crippen LogP contribution in [0.5, 0.6) is 5.75 Å². The van der Waals surface area contributed by atoms with Gasteiger partial charge in [-0.1, -0.05) is 0 Å². The second kappa shape index (κ2) is 6.21. The predicted octanol–water partition coefficient (Wildman–Crippen LogP) is 1.01. The number of benzene rings is 1. The third-order valence-corrected chi connectivity index (χ3v) is 3.02. The van der Waals surface area contributed by atoms with E-state index in [-0.39, 0.29) is 12.5 Å². The van der Waals surface area contributed by atoms with Crippen molar-refractivity contribution in [3.8, 4) is 5.75 Å². The lowest BCUT2D eigenvalue weighted by Gasteiger charge is -2.21. The highest BCUT2D eigenvalue weighted by atomic mass is 16.5. The molecule has 0 bridgehead atoms. The van der Waals surface area contributed by atoms with Crippen LogP contribution < -0.4 is 15.4 Å². The number of anilines is 1. The van der Waals surface area contributed by atoms with Crippen molar-refractivity contribution in [2.45, 2.75) is 6.92 Å². The van der Waals surface area contributed by atoms with Crippen molar-refractivity contribution in [3.63, 3.8) is 0 Å². The fourth-order valence-electron chi connectivity index (χ4n) is 1.68. The Labute approximate surface area is 116 Å². The summed E-state index contributed by atoms with van der Waals surface area (Å²) < 4.78 is 5.01. The number of aliphatic carboxylic acids is 1. The van der Waals surface area contributed by atoms with Crippen molar-refractivity contribution in [1.29, 1.82) is 0 Å². The highest BCUT2D eigenvalue weighted by Crippen LogP contribution is 2.17. The number of amides is 1. The summed E-state index contributed by atoms with van der Waals surface area (Å²) in [6.45, 7) is 2.95. The second-order valence-electron chi connectivity index (χ2n) is 4.49. The Morgan fingerprint density at radius 1 is 1.30 bits per heavy atom. The third-order valence-electron chi connectivity index (χ3n) is 3.02. The minimum absolute atomic E-state index is 0.124. The molecular formula is C14H16N2O4. The number of ether oxygens (including phenoxy) is 1. The van der Waals surface area contributed by atoms with Crippen LogP contribution in [0.15, 0.2) is 35.4 Å². The molecule has 20 heavy (non-hydrogen) atoms. The van der Waals surface area contributed by atoms with Crippen molar-refractivity contribution in [3.05, 3.63) is 35.4 Å². The average molecular weight is 276 g/mol. The minimum Gasteiger partial charge on any atom is -0.482 e. The molecule has 2 rings (SSSR count). The van der Waals surface area contributed by atoms with Gasteiger partial charge in [-0.05, 0) is 36.8 Å². The van der Waals surface area contributed by atoms with E-state index >= 15 is 0 Å². The lowest BCUT2D eigenvalue weighted by atomic mass is 10.0. The molecule has 1 amide bonds. The van der Waals surface area contributed by atoms with Crippen molar-refractivity contribution in [1.82, 2.24) is 5.32 Å². The van der Waals surface area contributed by atoms with Crippen LogP contribution >= 0.6 is 0 Å². The summed E-state index contributed by atoms with van der Waals surface area (Å²) in [5, 5.41) is 14.4. The summed E-state index contributed by atoms with van der Waals surface area (Å²) in [7, 11) is 0. The Morgan fingerprint density at radius 3 is 2.45 bits per heavy atom. The summed E-state index contributed by atoms with van der Waals surface area (Å²) in [6, 6.07) is 6.58. The van der Waals surface area contributed by atoms with Crippen molar-refractivity contribution in [2.75, 3.05) is 25.0 Å². The first-order valence-electron chi connectivity index (χ1n) is 6.21. The molecule has 0 aliphatic carbocycles. The molecule has 3 N–H and O–H groups in total. The zero-order valence-electron chi connectivity index (χ0n) is 11.1. The maximum atomic E-state index is 11.9. The molecule has 0 radical (unpaired) electrons. The van der Waals surface area contributed by atoms with Gasteiger partial charge >= 0.3 is 5.97 Å². The highest BCUT2D eigenvalue weighted by molar-refractivity contribution is 6.04. The van der Waals surface area contributed by atoms with E-state index in [9.17, 15) is 9.59 Å². The topological polar surface area (TPSA) is 87.7 Å². The van der Waals surface area contributed by atoms with Crippen LogP contribution in [0.4, 0.5) is 5.69 Å². The van der Waals surface area contributed by atoms with E-state index in [1.807, 2.05) is 0 Å². The Balaban J connectivity index is 1.93. The van der Waals surface area contributed by atoms with Gasteiger partial charge in [-0.15, -0.1) is 0 Å². The van der Waals surface area contributed by atoms with Crippen LogP contribution in [0.3, 0.4) is 0 Å². The number of hydrogen-bond acceptors (Lipinski definition) is 4. The van der Waals surface area contributed by atoms with Gasteiger partial charge in [-0.3, -0.25) is 4.79 Å². The number of carboxylic acid groups (broad SMARTS) is 1. The molecule has 106 valence electrons. The quantitative estimate of drug-likeness (QED) is 0.699. The Hall–Kier alpha value is -2.34. The number of hydrogen-bond donors (Lipinski definition) is 3. The highest BCUT2D eigenvalue weighted by Gasteiger charge is 2.15. The van der Waals surface area contributed by atoms with E-state index in [0.29, 0.717) is 11.4 Å². The Bertz CT molecular complexity index is 543. The van der Waals surface area contributed by atoms with Gasteiger partial charge in [-0.2, -0.15) is 0 Å². The molecule has 0 saturated carbocycles. The second-order valence-corrected chi connectivity index (χ2v) is 4.49. The molecular weight excluding hydrogens is 260 g/mol. The maximum Gasteiger partial charge on any atom is 0.341 e. The molecule has 1 aromatic rings. The predicted molar refractivity (Wildman–Crippen MR) is 73.8 cm³/mol. The number of carboxylic acids is 1. The van der Waals surface area contributed by atoms with Gasteiger partial charge in [-0.25, -0.2) is 4.79 Å². The van der Waals surface area contributed by atoms with Gasteiger partial charge in [0.2, 0.25) is 0 Å². The molecule has 6 heteroatoms. The summed E-state index contributed by atoms with van der Waals surface area (Å²) >= 11 is 0. The lowest BCUT2D eigenvalue weighted by molar-refractivity contribution is -0.139. The summed E-state index contributed by atoms with van der Waals surface area (Å²) in [6.07, 6.45) is 0. The van der Waals surface area contributed by atoms with Gasteiger partial charge in [0.25, 0.3) is 5.91 Å². The van der Waals surface area contributed by atoms with Crippen molar-refractivity contribution < 1.29 is 19.4 Å². The number of rotatable bonds is 5. The van der Waals surface area contributed by atoms with Crippen LogP contribution in [-0.4, -0.2) is 36.7 Å². The standard InChI is InChI=1S/C14H16N2O4/c1-9(10-6-15-7-10)14(19)16-11-2-4-12(5-3-11)20-8-13(17)18/h2-5,15H,6-8H2,1H3,(H,16,19)(H,17,18). The first-order chi connectivity index (χ1) is 9.56. The fourth-order valence-corrected chi connectivity index (χ4v) is 1.68. The van der Waals surface area contributed by atoms with Gasteiger partial charge in [0.15, 0.2) is 6.61 Å². The van der Waals surface area contributed by atoms with Crippen LogP contribution in [0, 0.1) is 0 Å².